The molecule has 1 fully saturated rings. The maximum absolute atomic E-state index is 14.1. The number of anilines is 4. The summed E-state index contributed by atoms with van der Waals surface area (Å²) in [5, 5.41) is 14.9. The lowest BCUT2D eigenvalue weighted by Crippen LogP contribution is -2.47. The van der Waals surface area contributed by atoms with Crippen molar-refractivity contribution in [1.29, 1.82) is 0 Å². The van der Waals surface area contributed by atoms with Crippen LogP contribution >= 0.6 is 15.9 Å². The number of hydrogen-bond donors (Lipinski definition) is 1. The number of rotatable bonds is 5. The van der Waals surface area contributed by atoms with Gasteiger partial charge in [-0.05, 0) is 36.4 Å². The summed E-state index contributed by atoms with van der Waals surface area (Å²) in [6.45, 7) is 2.00. The highest BCUT2D eigenvalue weighted by molar-refractivity contribution is 9.10. The Morgan fingerprint density at radius 3 is 2.33 bits per heavy atom. The van der Waals surface area contributed by atoms with Gasteiger partial charge in [0.2, 0.25) is 11.6 Å². The number of halogens is 2. The summed E-state index contributed by atoms with van der Waals surface area (Å²) < 4.78 is 15.0. The lowest BCUT2D eigenvalue weighted by atomic mass is 10.2. The van der Waals surface area contributed by atoms with Crippen molar-refractivity contribution < 1.29 is 9.31 Å². The van der Waals surface area contributed by atoms with Crippen LogP contribution in [-0.2, 0) is 0 Å². The molecule has 10 heteroatoms. The highest BCUT2D eigenvalue weighted by Gasteiger charge is 2.29. The number of piperazine rings is 1. The van der Waals surface area contributed by atoms with Gasteiger partial charge in [-0.2, -0.15) is 0 Å². The lowest BCUT2D eigenvalue weighted by Gasteiger charge is -2.36. The maximum Gasteiger partial charge on any atom is 0.353 e. The first-order valence-electron chi connectivity index (χ1n) is 9.29. The van der Waals surface area contributed by atoms with Gasteiger partial charge in [0.05, 0.1) is 10.6 Å². The highest BCUT2D eigenvalue weighted by atomic mass is 79.9. The van der Waals surface area contributed by atoms with Crippen LogP contribution in [-0.4, -0.2) is 41.1 Å². The van der Waals surface area contributed by atoms with Gasteiger partial charge < -0.3 is 15.1 Å². The zero-order valence-corrected chi connectivity index (χ0v) is 17.4. The average molecular weight is 473 g/mol. The van der Waals surface area contributed by atoms with Gasteiger partial charge >= 0.3 is 5.69 Å². The number of hydrogen-bond acceptors (Lipinski definition) is 7. The van der Waals surface area contributed by atoms with Crippen molar-refractivity contribution in [2.75, 3.05) is 41.3 Å². The summed E-state index contributed by atoms with van der Waals surface area (Å²) in [5.74, 6) is 0.103. The van der Waals surface area contributed by atoms with Crippen molar-refractivity contribution in [2.24, 2.45) is 0 Å². The van der Waals surface area contributed by atoms with Gasteiger partial charge in [-0.3, -0.25) is 10.1 Å². The molecule has 0 amide bonds. The third kappa shape index (κ3) is 4.18. The molecule has 30 heavy (non-hydrogen) atoms. The van der Waals surface area contributed by atoms with Crippen molar-refractivity contribution in [3.05, 3.63) is 75.3 Å². The molecule has 0 bridgehead atoms. The van der Waals surface area contributed by atoms with Crippen LogP contribution in [0.15, 0.2) is 59.3 Å². The van der Waals surface area contributed by atoms with Crippen LogP contribution in [0.4, 0.5) is 33.1 Å². The van der Waals surface area contributed by atoms with Crippen LogP contribution in [0.2, 0.25) is 0 Å². The Hall–Kier alpha value is -3.27. The van der Waals surface area contributed by atoms with Crippen LogP contribution in [0.3, 0.4) is 0 Å². The molecule has 1 saturated heterocycles. The molecule has 1 N–H and O–H groups in total. The second-order valence-corrected chi connectivity index (χ2v) is 7.62. The van der Waals surface area contributed by atoms with E-state index in [1.165, 1.54) is 12.4 Å². The van der Waals surface area contributed by atoms with Gasteiger partial charge in [0.25, 0.3) is 0 Å². The van der Waals surface area contributed by atoms with Gasteiger partial charge in [0, 0.05) is 36.3 Å². The summed E-state index contributed by atoms with van der Waals surface area (Å²) in [5.41, 5.74) is 1.03. The second-order valence-electron chi connectivity index (χ2n) is 6.71. The van der Waals surface area contributed by atoms with Crippen molar-refractivity contribution in [3.63, 3.8) is 0 Å². The topological polar surface area (TPSA) is 87.4 Å². The standard InChI is InChI=1S/C20H18BrFN6O2/c21-14-5-7-15(8-6-14)25-19-18(28(29)30)20(24-13-23-19)27-11-9-26(10-12-27)17-4-2-1-3-16(17)22/h1-8,13H,9-12H2,(H,23,24,25). The fraction of sp³-hybridized carbons (Fsp3) is 0.200. The normalized spacial score (nSPS) is 13.9. The Labute approximate surface area is 180 Å². The molecule has 3 aromatic rings. The van der Waals surface area contributed by atoms with Crippen LogP contribution in [0, 0.1) is 15.9 Å². The number of para-hydroxylation sites is 1. The minimum atomic E-state index is -0.472. The van der Waals surface area contributed by atoms with E-state index < -0.39 is 4.92 Å². The molecular formula is C20H18BrFN6O2. The van der Waals surface area contributed by atoms with Crippen LogP contribution in [0.25, 0.3) is 0 Å². The molecule has 0 unspecified atom stereocenters. The molecule has 0 atom stereocenters. The average Bonchev–Trinajstić information content (AvgIpc) is 2.75. The number of nitrogens with one attached hydrogen (secondary N) is 1. The molecule has 0 saturated carbocycles. The van der Waals surface area contributed by atoms with E-state index in [-0.39, 0.29) is 23.1 Å². The summed E-state index contributed by atoms with van der Waals surface area (Å²) >= 11 is 3.36. The quantitative estimate of drug-likeness (QED) is 0.435. The van der Waals surface area contributed by atoms with Gasteiger partial charge in [0.1, 0.15) is 12.1 Å². The SMILES string of the molecule is O=[N+]([O-])c1c(Nc2ccc(Br)cc2)ncnc1N1CCN(c2ccccc2F)CC1. The maximum atomic E-state index is 14.1. The highest BCUT2D eigenvalue weighted by Crippen LogP contribution is 2.34. The Balaban J connectivity index is 1.56. The molecule has 0 aliphatic carbocycles. The first-order valence-corrected chi connectivity index (χ1v) is 10.1. The molecular weight excluding hydrogens is 455 g/mol. The Morgan fingerprint density at radius 1 is 1.00 bits per heavy atom. The smallest absolute Gasteiger partial charge is 0.353 e. The van der Waals surface area contributed by atoms with Gasteiger partial charge in [0.15, 0.2) is 0 Å². The second kappa shape index (κ2) is 8.62. The molecule has 2 aromatic carbocycles. The van der Waals surface area contributed by atoms with Crippen LogP contribution < -0.4 is 15.1 Å². The first-order chi connectivity index (χ1) is 14.5. The van der Waals surface area contributed by atoms with Gasteiger partial charge in [-0.15, -0.1) is 0 Å². The molecule has 1 aliphatic heterocycles. The lowest BCUT2D eigenvalue weighted by molar-refractivity contribution is -0.383. The van der Waals surface area contributed by atoms with E-state index in [1.54, 1.807) is 30.3 Å². The summed E-state index contributed by atoms with van der Waals surface area (Å²) in [6.07, 6.45) is 1.31. The summed E-state index contributed by atoms with van der Waals surface area (Å²) in [4.78, 5) is 23.4. The number of aromatic nitrogens is 2. The third-order valence-corrected chi connectivity index (χ3v) is 5.39. The van der Waals surface area contributed by atoms with Crippen molar-refractivity contribution in [3.8, 4) is 0 Å². The predicted octanol–water partition coefficient (Wildman–Crippen LogP) is 4.36. The van der Waals surface area contributed by atoms with E-state index in [9.17, 15) is 14.5 Å². The van der Waals surface area contributed by atoms with Gasteiger partial charge in [-0.1, -0.05) is 28.1 Å². The van der Waals surface area contributed by atoms with Gasteiger partial charge in [-0.25, -0.2) is 14.4 Å². The zero-order valence-electron chi connectivity index (χ0n) is 15.8. The summed E-state index contributed by atoms with van der Waals surface area (Å²) in [6, 6.07) is 13.9. The fourth-order valence-corrected chi connectivity index (χ4v) is 3.66. The number of nitro groups is 1. The minimum Gasteiger partial charge on any atom is -0.366 e. The largest absolute Gasteiger partial charge is 0.366 e. The van der Waals surface area contributed by atoms with E-state index in [1.807, 2.05) is 21.9 Å². The molecule has 1 aromatic heterocycles. The molecule has 0 spiro atoms. The van der Waals surface area contributed by atoms with E-state index in [2.05, 4.69) is 31.2 Å². The zero-order chi connectivity index (χ0) is 21.1. The Morgan fingerprint density at radius 2 is 1.67 bits per heavy atom. The fourth-order valence-electron chi connectivity index (χ4n) is 3.40. The molecule has 4 rings (SSSR count). The van der Waals surface area contributed by atoms with E-state index >= 15 is 0 Å². The molecule has 154 valence electrons. The molecule has 8 nitrogen and oxygen atoms in total. The van der Waals surface area contributed by atoms with Crippen molar-refractivity contribution >= 4 is 44.6 Å². The van der Waals surface area contributed by atoms with E-state index in [4.69, 9.17) is 0 Å². The molecule has 1 aliphatic rings. The predicted molar refractivity (Wildman–Crippen MR) is 117 cm³/mol. The number of benzene rings is 2. The van der Waals surface area contributed by atoms with Crippen molar-refractivity contribution in [2.45, 2.75) is 0 Å². The minimum absolute atomic E-state index is 0.129. The van der Waals surface area contributed by atoms with E-state index in [0.717, 1.165) is 4.47 Å². The molecule has 0 radical (unpaired) electrons. The Kier molecular flexibility index (Phi) is 5.75. The number of nitrogens with zero attached hydrogens (tertiary/aromatic N) is 5. The van der Waals surface area contributed by atoms with Crippen molar-refractivity contribution in [1.82, 2.24) is 9.97 Å². The Bertz CT molecular complexity index is 1060. The monoisotopic (exact) mass is 472 g/mol. The third-order valence-electron chi connectivity index (χ3n) is 4.86. The van der Waals surface area contributed by atoms with Crippen LogP contribution in [0.1, 0.15) is 0 Å². The van der Waals surface area contributed by atoms with Crippen LogP contribution in [0.5, 0.6) is 0 Å². The van der Waals surface area contributed by atoms with E-state index in [0.29, 0.717) is 37.6 Å². The summed E-state index contributed by atoms with van der Waals surface area (Å²) in [7, 11) is 0. The first kappa shape index (κ1) is 20.0. The molecule has 2 heterocycles.